The lowest BCUT2D eigenvalue weighted by molar-refractivity contribution is -0.120. The molecule has 100 valence electrons. The molecule has 0 radical (unpaired) electrons. The molecule has 0 aromatic heterocycles. The Kier molecular flexibility index (Phi) is 6.36. The number of carbonyl (C=O) groups is 1. The summed E-state index contributed by atoms with van der Waals surface area (Å²) in [5.74, 6) is 0.542. The molecule has 0 fully saturated rings. The third-order valence-corrected chi connectivity index (χ3v) is 3.43. The summed E-state index contributed by atoms with van der Waals surface area (Å²) in [7, 11) is 0. The molecule has 4 heteroatoms. The normalized spacial score (nSPS) is 10.7. The topological polar surface area (TPSA) is 41.1 Å². The summed E-state index contributed by atoms with van der Waals surface area (Å²) in [6.45, 7) is 8.03. The van der Waals surface area contributed by atoms with Crippen LogP contribution >= 0.6 is 15.9 Å². The molecule has 3 nitrogen and oxygen atoms in total. The molecule has 0 saturated carbocycles. The molecule has 0 unspecified atom stereocenters. The number of nitrogens with one attached hydrogen (secondary N) is 2. The summed E-state index contributed by atoms with van der Waals surface area (Å²) in [6.07, 6.45) is 0. The van der Waals surface area contributed by atoms with E-state index in [1.54, 1.807) is 0 Å². The second-order valence-electron chi connectivity index (χ2n) is 4.89. The van der Waals surface area contributed by atoms with Crippen LogP contribution in [-0.4, -0.2) is 19.0 Å². The molecule has 1 aromatic carbocycles. The molecule has 18 heavy (non-hydrogen) atoms. The highest BCUT2D eigenvalue weighted by Crippen LogP contribution is 2.16. The average molecular weight is 313 g/mol. The van der Waals surface area contributed by atoms with Gasteiger partial charge in [-0.2, -0.15) is 0 Å². The van der Waals surface area contributed by atoms with Crippen LogP contribution in [0.4, 0.5) is 0 Å². The molecule has 0 heterocycles. The van der Waals surface area contributed by atoms with Gasteiger partial charge in [-0.05, 0) is 30.0 Å². The first-order chi connectivity index (χ1) is 8.49. The van der Waals surface area contributed by atoms with Crippen LogP contribution in [0.5, 0.6) is 0 Å². The lowest BCUT2D eigenvalue weighted by Crippen LogP contribution is -2.35. The lowest BCUT2D eigenvalue weighted by Gasteiger charge is -2.09. The smallest absolute Gasteiger partial charge is 0.233 e. The van der Waals surface area contributed by atoms with E-state index in [0.717, 1.165) is 11.0 Å². The Morgan fingerprint density at radius 3 is 2.72 bits per heavy atom. The fraction of sp³-hybridized carbons (Fsp3) is 0.500. The van der Waals surface area contributed by atoms with Crippen molar-refractivity contribution in [1.82, 2.24) is 10.6 Å². The van der Waals surface area contributed by atoms with E-state index in [2.05, 4.69) is 59.5 Å². The van der Waals surface area contributed by atoms with Gasteiger partial charge >= 0.3 is 0 Å². The minimum atomic E-state index is 0.0533. The van der Waals surface area contributed by atoms with Crippen molar-refractivity contribution < 1.29 is 4.79 Å². The van der Waals surface area contributed by atoms with Crippen LogP contribution in [0.3, 0.4) is 0 Å². The molecule has 0 aliphatic carbocycles. The number of hydrogen-bond donors (Lipinski definition) is 2. The third-order valence-electron chi connectivity index (χ3n) is 2.54. The van der Waals surface area contributed by atoms with Gasteiger partial charge in [-0.1, -0.05) is 41.9 Å². The minimum absolute atomic E-state index is 0.0533. The van der Waals surface area contributed by atoms with E-state index in [1.807, 2.05) is 6.07 Å². The number of hydrogen-bond acceptors (Lipinski definition) is 2. The van der Waals surface area contributed by atoms with Gasteiger partial charge in [0.25, 0.3) is 0 Å². The molecule has 0 atom stereocenters. The van der Waals surface area contributed by atoms with E-state index in [9.17, 15) is 4.79 Å². The van der Waals surface area contributed by atoms with E-state index < -0.39 is 0 Å². The second-order valence-corrected chi connectivity index (χ2v) is 5.74. The zero-order chi connectivity index (χ0) is 13.5. The van der Waals surface area contributed by atoms with Crippen molar-refractivity contribution >= 4 is 21.8 Å². The maximum atomic E-state index is 11.5. The van der Waals surface area contributed by atoms with E-state index in [4.69, 9.17) is 0 Å². The van der Waals surface area contributed by atoms with Gasteiger partial charge < -0.3 is 10.6 Å². The van der Waals surface area contributed by atoms with Crippen LogP contribution in [-0.2, 0) is 11.3 Å². The Bertz CT molecular complexity index is 405. The van der Waals surface area contributed by atoms with Gasteiger partial charge in [0.15, 0.2) is 0 Å². The van der Waals surface area contributed by atoms with Crippen LogP contribution in [0.2, 0.25) is 0 Å². The zero-order valence-corrected chi connectivity index (χ0v) is 12.8. The van der Waals surface area contributed by atoms with Crippen molar-refractivity contribution in [3.8, 4) is 0 Å². The fourth-order valence-corrected chi connectivity index (χ4v) is 1.76. The van der Waals surface area contributed by atoms with Crippen LogP contribution in [0.25, 0.3) is 0 Å². The monoisotopic (exact) mass is 312 g/mol. The Morgan fingerprint density at radius 1 is 1.39 bits per heavy atom. The summed E-state index contributed by atoms with van der Waals surface area (Å²) >= 11 is 3.47. The molecule has 0 spiro atoms. The summed E-state index contributed by atoms with van der Waals surface area (Å²) in [5, 5.41) is 6.02. The van der Waals surface area contributed by atoms with Crippen molar-refractivity contribution in [2.45, 2.75) is 27.3 Å². The summed E-state index contributed by atoms with van der Waals surface area (Å²) < 4.78 is 1.11. The predicted molar refractivity (Wildman–Crippen MR) is 78.4 cm³/mol. The first-order valence-corrected chi connectivity index (χ1v) is 7.00. The van der Waals surface area contributed by atoms with Crippen LogP contribution in [0.1, 0.15) is 25.0 Å². The highest BCUT2D eigenvalue weighted by Gasteiger charge is 2.02. The lowest BCUT2D eigenvalue weighted by atomic mass is 10.1. The zero-order valence-electron chi connectivity index (χ0n) is 11.2. The van der Waals surface area contributed by atoms with E-state index >= 15 is 0 Å². The number of halogens is 1. The number of amides is 1. The highest BCUT2D eigenvalue weighted by molar-refractivity contribution is 9.10. The summed E-state index contributed by atoms with van der Waals surface area (Å²) in [5.41, 5.74) is 2.39. The number of benzene rings is 1. The molecule has 0 aliphatic rings. The maximum Gasteiger partial charge on any atom is 0.233 e. The second kappa shape index (κ2) is 7.54. The van der Waals surface area contributed by atoms with Gasteiger partial charge in [-0.3, -0.25) is 4.79 Å². The Hall–Kier alpha value is -0.870. The van der Waals surface area contributed by atoms with E-state index in [-0.39, 0.29) is 5.91 Å². The first-order valence-electron chi connectivity index (χ1n) is 6.21. The summed E-state index contributed by atoms with van der Waals surface area (Å²) in [4.78, 5) is 11.5. The number of aryl methyl sites for hydroxylation is 1. The molecule has 1 rings (SSSR count). The highest BCUT2D eigenvalue weighted by atomic mass is 79.9. The van der Waals surface area contributed by atoms with Crippen molar-refractivity contribution in [3.05, 3.63) is 33.8 Å². The molecule has 0 aliphatic heterocycles. The largest absolute Gasteiger partial charge is 0.355 e. The van der Waals surface area contributed by atoms with Crippen molar-refractivity contribution in [2.75, 3.05) is 13.1 Å². The van der Waals surface area contributed by atoms with E-state index in [0.29, 0.717) is 19.0 Å². The maximum absolute atomic E-state index is 11.5. The summed E-state index contributed by atoms with van der Waals surface area (Å²) in [6, 6.07) is 6.20. The van der Waals surface area contributed by atoms with Crippen LogP contribution in [0, 0.1) is 12.8 Å². The molecular formula is C14H21BrN2O. The van der Waals surface area contributed by atoms with E-state index in [1.165, 1.54) is 11.1 Å². The molecule has 0 saturated heterocycles. The average Bonchev–Trinajstić information content (AvgIpc) is 2.31. The Labute approximate surface area is 117 Å². The number of carbonyl (C=O) groups excluding carboxylic acids is 1. The minimum Gasteiger partial charge on any atom is -0.355 e. The van der Waals surface area contributed by atoms with Gasteiger partial charge in [0.05, 0.1) is 6.54 Å². The fourth-order valence-electron chi connectivity index (χ4n) is 1.52. The molecular weight excluding hydrogens is 292 g/mol. The van der Waals surface area contributed by atoms with Crippen molar-refractivity contribution in [3.63, 3.8) is 0 Å². The standard InChI is InChI=1S/C14H21BrN2O/c1-10(2)7-17-14(18)9-16-8-12-4-5-13(15)11(3)6-12/h4-6,10,16H,7-9H2,1-3H3,(H,17,18). The quantitative estimate of drug-likeness (QED) is 0.848. The van der Waals surface area contributed by atoms with Gasteiger partial charge in [0.2, 0.25) is 5.91 Å². The Balaban J connectivity index is 2.28. The van der Waals surface area contributed by atoms with Crippen molar-refractivity contribution in [1.29, 1.82) is 0 Å². The molecule has 0 bridgehead atoms. The third kappa shape index (κ3) is 5.65. The SMILES string of the molecule is Cc1cc(CNCC(=O)NCC(C)C)ccc1Br. The molecule has 1 aromatic rings. The van der Waals surface area contributed by atoms with Gasteiger partial charge in [-0.15, -0.1) is 0 Å². The first kappa shape index (κ1) is 15.2. The van der Waals surface area contributed by atoms with Gasteiger partial charge in [0, 0.05) is 17.6 Å². The predicted octanol–water partition coefficient (Wildman–Crippen LogP) is 2.62. The molecule has 2 N–H and O–H groups in total. The van der Waals surface area contributed by atoms with Crippen LogP contribution in [0.15, 0.2) is 22.7 Å². The van der Waals surface area contributed by atoms with Gasteiger partial charge in [0.1, 0.15) is 0 Å². The van der Waals surface area contributed by atoms with Crippen LogP contribution < -0.4 is 10.6 Å². The van der Waals surface area contributed by atoms with Gasteiger partial charge in [-0.25, -0.2) is 0 Å². The Morgan fingerprint density at radius 2 is 2.11 bits per heavy atom. The molecule has 1 amide bonds. The van der Waals surface area contributed by atoms with Crippen molar-refractivity contribution in [2.24, 2.45) is 5.92 Å². The number of rotatable bonds is 6.